The van der Waals surface area contributed by atoms with E-state index in [2.05, 4.69) is 6.57 Å². The van der Waals surface area contributed by atoms with Gasteiger partial charge in [-0.3, -0.25) is 0 Å². The molecule has 0 saturated carbocycles. The molecule has 0 bridgehead atoms. The van der Waals surface area contributed by atoms with E-state index in [1.165, 1.54) is 0 Å². The fourth-order valence-electron chi connectivity index (χ4n) is 0. The summed E-state index contributed by atoms with van der Waals surface area (Å²) < 4.78 is 0. The standard InChI is InChI=1S/CHN.BH3.Li.H/c1-2;;;/h1H;1H3;;. The van der Waals surface area contributed by atoms with Gasteiger partial charge in [-0.25, -0.2) is 5.26 Å². The third-order valence-electron chi connectivity index (χ3n) is 0. The van der Waals surface area contributed by atoms with Crippen LogP contribution in [0.5, 0.6) is 0 Å². The van der Waals surface area contributed by atoms with Crippen LogP contribution in [-0.2, 0) is 0 Å². The summed E-state index contributed by atoms with van der Waals surface area (Å²) in [6, 6.07) is 0. The zero-order valence-corrected chi connectivity index (χ0v) is 1.02. The van der Waals surface area contributed by atoms with E-state index >= 15 is 0 Å². The molecule has 0 saturated heterocycles. The van der Waals surface area contributed by atoms with Gasteiger partial charge in [0.05, 0.1) is 8.41 Å². The first-order chi connectivity index (χ1) is 1.00. The molecule has 0 fully saturated rings. The van der Waals surface area contributed by atoms with E-state index in [1.807, 2.05) is 0 Å². The van der Waals surface area contributed by atoms with Crippen molar-refractivity contribution in [1.29, 1.82) is 5.26 Å². The predicted octanol–water partition coefficient (Wildman–Crippen LogP) is -1.69. The topological polar surface area (TPSA) is 23.8 Å². The molecule has 0 unspecified atom stereocenters. The van der Waals surface area contributed by atoms with Gasteiger partial charge in [-0.1, -0.05) is 0 Å². The third kappa shape index (κ3) is 123. The van der Waals surface area contributed by atoms with E-state index in [0.717, 1.165) is 0 Å². The van der Waals surface area contributed by atoms with E-state index < -0.39 is 0 Å². The van der Waals surface area contributed by atoms with Crippen molar-refractivity contribution in [3.05, 3.63) is 0 Å². The minimum absolute atomic E-state index is 0. The van der Waals surface area contributed by atoms with Gasteiger partial charge in [-0.2, -0.15) is 0 Å². The van der Waals surface area contributed by atoms with E-state index in [4.69, 9.17) is 5.26 Å². The second-order valence-electron chi connectivity index (χ2n) is 0. The number of hydrogen-bond acceptors (Lipinski definition) is 1. The molecule has 0 aliphatic rings. The van der Waals surface area contributed by atoms with Gasteiger partial charge in [0, 0.05) is 6.57 Å². The Kier molecular flexibility index (Phi) is 4890. The third-order valence-corrected chi connectivity index (χ3v) is 0. The summed E-state index contributed by atoms with van der Waals surface area (Å²) in [5.74, 6) is 0. The molecule has 0 aliphatic carbocycles. The van der Waals surface area contributed by atoms with Gasteiger partial charge >= 0.3 is 18.9 Å². The van der Waals surface area contributed by atoms with Crippen LogP contribution in [0.3, 0.4) is 0 Å². The van der Waals surface area contributed by atoms with Gasteiger partial charge in [0.1, 0.15) is 0 Å². The molecular weight excluding hydrogens is 43.8 g/mol. The number of nitriles is 1. The van der Waals surface area contributed by atoms with Gasteiger partial charge in [0.25, 0.3) is 0 Å². The van der Waals surface area contributed by atoms with Crippen LogP contribution in [0.2, 0.25) is 0 Å². The Morgan fingerprint density at radius 1 is 1.25 bits per heavy atom. The molecule has 0 aromatic rings. The van der Waals surface area contributed by atoms with Crippen LogP contribution in [0.4, 0.5) is 0 Å². The molecular formula is CH5BLiN. The van der Waals surface area contributed by atoms with Crippen LogP contribution < -0.4 is 0 Å². The van der Waals surface area contributed by atoms with Crippen molar-refractivity contribution in [2.24, 2.45) is 0 Å². The summed E-state index contributed by atoms with van der Waals surface area (Å²) in [4.78, 5) is 0. The van der Waals surface area contributed by atoms with Crippen molar-refractivity contribution < 1.29 is 0 Å². The van der Waals surface area contributed by atoms with Crippen molar-refractivity contribution in [3.8, 4) is 6.57 Å². The minimum atomic E-state index is 0. The number of nitrogens with zero attached hydrogens (tertiary/aromatic N) is 1. The van der Waals surface area contributed by atoms with E-state index in [-0.39, 0.29) is 27.3 Å². The zero-order valence-electron chi connectivity index (χ0n) is 1.02. The van der Waals surface area contributed by atoms with Crippen LogP contribution in [0, 0.1) is 11.8 Å². The molecule has 1 nitrogen and oxygen atoms in total. The van der Waals surface area contributed by atoms with E-state index in [1.54, 1.807) is 0 Å². The molecule has 0 N–H and O–H groups in total. The first-order valence-electron chi connectivity index (χ1n) is 0.258. The number of rotatable bonds is 0. The fourth-order valence-corrected chi connectivity index (χ4v) is 0. The summed E-state index contributed by atoms with van der Waals surface area (Å²) in [5.41, 5.74) is 0. The molecule has 0 spiro atoms. The molecule has 0 heterocycles. The Morgan fingerprint density at radius 2 is 1.25 bits per heavy atom. The van der Waals surface area contributed by atoms with Gasteiger partial charge in [0.2, 0.25) is 0 Å². The molecule has 4 heavy (non-hydrogen) atoms. The maximum atomic E-state index is 6.50. The summed E-state index contributed by atoms with van der Waals surface area (Å²) >= 11 is 0. The second-order valence-corrected chi connectivity index (χ2v) is 0. The Labute approximate surface area is 39.8 Å². The van der Waals surface area contributed by atoms with Gasteiger partial charge in [0.15, 0.2) is 0 Å². The normalized spacial score (nSPS) is 0.500. The number of hydrogen-bond donors (Lipinski definition) is 0. The van der Waals surface area contributed by atoms with Crippen molar-refractivity contribution >= 4 is 27.3 Å². The summed E-state index contributed by atoms with van der Waals surface area (Å²) in [6.07, 6.45) is 0. The van der Waals surface area contributed by atoms with Crippen LogP contribution in [-0.4, -0.2) is 27.3 Å². The first-order valence-corrected chi connectivity index (χ1v) is 0.258. The van der Waals surface area contributed by atoms with Crippen molar-refractivity contribution in [3.63, 3.8) is 0 Å². The van der Waals surface area contributed by atoms with Gasteiger partial charge < -0.3 is 0 Å². The molecule has 0 radical (unpaired) electrons. The monoisotopic (exact) mass is 49.1 g/mol. The van der Waals surface area contributed by atoms with Crippen LogP contribution >= 0.6 is 0 Å². The van der Waals surface area contributed by atoms with E-state index in [0.29, 0.717) is 0 Å². The van der Waals surface area contributed by atoms with Crippen LogP contribution in [0.15, 0.2) is 0 Å². The molecule has 0 aliphatic heterocycles. The first kappa shape index (κ1) is 31.1. The molecule has 0 aromatic carbocycles. The maximum absolute atomic E-state index is 6.50. The fraction of sp³-hybridized carbons (Fsp3) is 0. The van der Waals surface area contributed by atoms with E-state index in [9.17, 15) is 0 Å². The quantitative estimate of drug-likeness (QED) is 0.300. The van der Waals surface area contributed by atoms with Gasteiger partial charge in [-0.05, 0) is 0 Å². The average molecular weight is 48.8 g/mol. The van der Waals surface area contributed by atoms with Crippen molar-refractivity contribution in [2.45, 2.75) is 0 Å². The van der Waals surface area contributed by atoms with Crippen molar-refractivity contribution in [1.82, 2.24) is 0 Å². The average Bonchev–Trinajstić information content (AvgIpc) is 1.00. The second kappa shape index (κ2) is 629. The van der Waals surface area contributed by atoms with Crippen LogP contribution in [0.1, 0.15) is 0 Å². The van der Waals surface area contributed by atoms with Gasteiger partial charge in [-0.15, -0.1) is 0 Å². The zero-order chi connectivity index (χ0) is 2.00. The molecule has 3 heteroatoms. The molecule has 0 rings (SSSR count). The molecule has 0 aromatic heterocycles. The summed E-state index contributed by atoms with van der Waals surface area (Å²) in [7, 11) is 0. The Hall–Kier alpha value is 0.152. The predicted molar refractivity (Wildman–Crippen MR) is 23.8 cm³/mol. The Bertz CT molecular complexity index is 12.8. The molecule has 0 atom stereocenters. The molecule has 18 valence electrons. The Morgan fingerprint density at radius 3 is 1.25 bits per heavy atom. The van der Waals surface area contributed by atoms with Crippen molar-refractivity contribution in [2.75, 3.05) is 0 Å². The Balaban J connectivity index is -0.00000000500. The van der Waals surface area contributed by atoms with Crippen LogP contribution in [0.25, 0.3) is 0 Å². The summed E-state index contributed by atoms with van der Waals surface area (Å²) in [5, 5.41) is 6.50. The summed E-state index contributed by atoms with van der Waals surface area (Å²) in [6.45, 7) is 3.50. The molecule has 0 amide bonds. The SMILES string of the molecule is B.C#N.[LiH].